The normalized spacial score (nSPS) is 17.1. The number of nitrogens with one attached hydrogen (secondary N) is 1. The summed E-state index contributed by atoms with van der Waals surface area (Å²) in [6.45, 7) is 3.66. The van der Waals surface area contributed by atoms with Gasteiger partial charge in [-0.15, -0.1) is 0 Å². The number of ether oxygens (including phenoxy) is 1. The molecule has 0 saturated carbocycles. The van der Waals surface area contributed by atoms with Crippen LogP contribution >= 0.6 is 11.6 Å². The highest BCUT2D eigenvalue weighted by Gasteiger charge is 2.38. The Hall–Kier alpha value is -2.86. The van der Waals surface area contributed by atoms with E-state index in [0.717, 1.165) is 11.1 Å². The maximum Gasteiger partial charge on any atom is 0.311 e. The number of amides is 2. The Morgan fingerprint density at radius 1 is 1.24 bits per heavy atom. The Labute approximate surface area is 174 Å². The van der Waals surface area contributed by atoms with Crippen LogP contribution in [0.2, 0.25) is 5.02 Å². The lowest BCUT2D eigenvalue weighted by atomic mass is 10.1. The average molecular weight is 415 g/mol. The second-order valence-corrected chi connectivity index (χ2v) is 7.56. The molecule has 0 aliphatic carbocycles. The predicted molar refractivity (Wildman–Crippen MR) is 110 cm³/mol. The van der Waals surface area contributed by atoms with Crippen LogP contribution in [0.5, 0.6) is 0 Å². The van der Waals surface area contributed by atoms with Crippen molar-refractivity contribution in [2.45, 2.75) is 26.3 Å². The number of benzene rings is 2. The monoisotopic (exact) mass is 414 g/mol. The molecule has 1 heterocycles. The SMILES string of the molecule is Cc1ccc(NC(=O)COC(=O)[C@H]2CC(=O)N([C@H](C)c3ccccc3)C2)cc1Cl. The number of hydrogen-bond donors (Lipinski definition) is 1. The molecule has 1 fully saturated rings. The van der Waals surface area contributed by atoms with Gasteiger partial charge in [0, 0.05) is 23.7 Å². The second kappa shape index (κ2) is 9.09. The highest BCUT2D eigenvalue weighted by molar-refractivity contribution is 6.31. The first-order valence-electron chi connectivity index (χ1n) is 9.42. The van der Waals surface area contributed by atoms with Gasteiger partial charge in [-0.1, -0.05) is 48.0 Å². The molecule has 6 nitrogen and oxygen atoms in total. The standard InChI is InChI=1S/C22H23ClN2O4/c1-14-8-9-18(11-19(14)23)24-20(26)13-29-22(28)17-10-21(27)25(12-17)15(2)16-6-4-3-5-7-16/h3-9,11,15,17H,10,12-13H2,1-2H3,(H,24,26)/t15-,17+/m1/s1. The molecule has 0 radical (unpaired) electrons. The minimum atomic E-state index is -0.574. The third-order valence-electron chi connectivity index (χ3n) is 5.04. The summed E-state index contributed by atoms with van der Waals surface area (Å²) in [7, 11) is 0. The quantitative estimate of drug-likeness (QED) is 0.730. The highest BCUT2D eigenvalue weighted by atomic mass is 35.5. The average Bonchev–Trinajstić information content (AvgIpc) is 3.11. The molecule has 2 amide bonds. The highest BCUT2D eigenvalue weighted by Crippen LogP contribution is 2.29. The molecule has 0 bridgehead atoms. The number of likely N-dealkylation sites (tertiary alicyclic amines) is 1. The van der Waals surface area contributed by atoms with E-state index in [0.29, 0.717) is 10.7 Å². The van der Waals surface area contributed by atoms with Crippen molar-refractivity contribution < 1.29 is 19.1 Å². The lowest BCUT2D eigenvalue weighted by Crippen LogP contribution is -2.30. The van der Waals surface area contributed by atoms with Crippen LogP contribution < -0.4 is 5.32 Å². The summed E-state index contributed by atoms with van der Waals surface area (Å²) in [6, 6.07) is 14.7. The van der Waals surface area contributed by atoms with Crippen LogP contribution in [0.25, 0.3) is 0 Å². The van der Waals surface area contributed by atoms with Crippen LogP contribution in [-0.4, -0.2) is 35.8 Å². The Bertz CT molecular complexity index is 916. The lowest BCUT2D eigenvalue weighted by molar-refractivity contribution is -0.151. The summed E-state index contributed by atoms with van der Waals surface area (Å²) in [5, 5.41) is 3.17. The van der Waals surface area contributed by atoms with Crippen LogP contribution in [0, 0.1) is 12.8 Å². The third kappa shape index (κ3) is 5.15. The van der Waals surface area contributed by atoms with Crippen LogP contribution in [0.15, 0.2) is 48.5 Å². The Balaban J connectivity index is 1.51. The molecule has 0 aromatic heterocycles. The number of carbonyl (C=O) groups excluding carboxylic acids is 3. The number of hydrogen-bond acceptors (Lipinski definition) is 4. The molecule has 3 rings (SSSR count). The molecular formula is C22H23ClN2O4. The molecule has 1 saturated heterocycles. The van der Waals surface area contributed by atoms with Crippen molar-refractivity contribution in [2.75, 3.05) is 18.5 Å². The zero-order valence-electron chi connectivity index (χ0n) is 16.4. The van der Waals surface area contributed by atoms with Crippen molar-refractivity contribution in [3.63, 3.8) is 0 Å². The largest absolute Gasteiger partial charge is 0.455 e. The fraction of sp³-hybridized carbons (Fsp3) is 0.318. The molecule has 2 atom stereocenters. The number of carbonyl (C=O) groups is 3. The predicted octanol–water partition coefficient (Wildman–Crippen LogP) is 3.74. The van der Waals surface area contributed by atoms with Gasteiger partial charge in [-0.2, -0.15) is 0 Å². The van der Waals surface area contributed by atoms with Crippen LogP contribution in [0.3, 0.4) is 0 Å². The third-order valence-corrected chi connectivity index (χ3v) is 5.45. The fourth-order valence-corrected chi connectivity index (χ4v) is 3.48. The summed E-state index contributed by atoms with van der Waals surface area (Å²) in [5.74, 6) is -1.67. The maximum absolute atomic E-state index is 12.4. The van der Waals surface area contributed by atoms with E-state index in [4.69, 9.17) is 16.3 Å². The van der Waals surface area contributed by atoms with Gasteiger partial charge in [0.25, 0.3) is 5.91 Å². The molecule has 2 aromatic carbocycles. The topological polar surface area (TPSA) is 75.7 Å². The number of halogens is 1. The molecule has 1 N–H and O–H groups in total. The van der Waals surface area contributed by atoms with Gasteiger partial charge in [0.1, 0.15) is 0 Å². The van der Waals surface area contributed by atoms with E-state index in [1.54, 1.807) is 23.1 Å². The molecule has 0 unspecified atom stereocenters. The van der Waals surface area contributed by atoms with E-state index < -0.39 is 24.4 Å². The molecule has 1 aliphatic rings. The summed E-state index contributed by atoms with van der Waals surface area (Å²) in [6.07, 6.45) is 0.0885. The van der Waals surface area contributed by atoms with Gasteiger partial charge >= 0.3 is 5.97 Å². The fourth-order valence-electron chi connectivity index (χ4n) is 3.30. The van der Waals surface area contributed by atoms with Crippen molar-refractivity contribution in [2.24, 2.45) is 5.92 Å². The molecule has 1 aliphatic heterocycles. The van der Waals surface area contributed by atoms with E-state index in [-0.39, 0.29) is 24.9 Å². The van der Waals surface area contributed by atoms with Gasteiger partial charge in [-0.3, -0.25) is 14.4 Å². The van der Waals surface area contributed by atoms with Crippen LogP contribution in [0.4, 0.5) is 5.69 Å². The first-order valence-corrected chi connectivity index (χ1v) is 9.80. The number of rotatable bonds is 6. The summed E-state index contributed by atoms with van der Waals surface area (Å²) >= 11 is 6.03. The summed E-state index contributed by atoms with van der Waals surface area (Å²) < 4.78 is 5.13. The summed E-state index contributed by atoms with van der Waals surface area (Å²) in [4.78, 5) is 38.4. The van der Waals surface area contributed by atoms with Gasteiger partial charge in [0.15, 0.2) is 6.61 Å². The smallest absolute Gasteiger partial charge is 0.311 e. The first-order chi connectivity index (χ1) is 13.8. The van der Waals surface area contributed by atoms with Crippen molar-refractivity contribution in [1.82, 2.24) is 4.90 Å². The molecule has 152 valence electrons. The van der Waals surface area contributed by atoms with Crippen molar-refractivity contribution >= 4 is 35.1 Å². The first kappa shape index (κ1) is 20.9. The van der Waals surface area contributed by atoms with Crippen molar-refractivity contribution in [1.29, 1.82) is 0 Å². The van der Waals surface area contributed by atoms with Gasteiger partial charge < -0.3 is 15.0 Å². The van der Waals surface area contributed by atoms with Gasteiger partial charge in [-0.25, -0.2) is 0 Å². The molecule has 29 heavy (non-hydrogen) atoms. The van der Waals surface area contributed by atoms with Crippen LogP contribution in [0.1, 0.15) is 30.5 Å². The Morgan fingerprint density at radius 2 is 1.97 bits per heavy atom. The van der Waals surface area contributed by atoms with Crippen molar-refractivity contribution in [3.05, 3.63) is 64.7 Å². The van der Waals surface area contributed by atoms with E-state index in [1.807, 2.05) is 44.2 Å². The second-order valence-electron chi connectivity index (χ2n) is 7.15. The van der Waals surface area contributed by atoms with E-state index in [9.17, 15) is 14.4 Å². The maximum atomic E-state index is 12.4. The minimum Gasteiger partial charge on any atom is -0.455 e. The van der Waals surface area contributed by atoms with E-state index in [1.165, 1.54) is 0 Å². The number of nitrogens with zero attached hydrogens (tertiary/aromatic N) is 1. The van der Waals surface area contributed by atoms with Gasteiger partial charge in [-0.05, 0) is 37.1 Å². The number of aryl methyl sites for hydroxylation is 1. The Kier molecular flexibility index (Phi) is 6.54. The molecule has 0 spiro atoms. The zero-order valence-corrected chi connectivity index (χ0v) is 17.1. The Morgan fingerprint density at radius 3 is 2.66 bits per heavy atom. The van der Waals surface area contributed by atoms with Crippen LogP contribution in [-0.2, 0) is 19.1 Å². The summed E-state index contributed by atoms with van der Waals surface area (Å²) in [5.41, 5.74) is 2.43. The number of anilines is 1. The van der Waals surface area contributed by atoms with E-state index in [2.05, 4.69) is 5.32 Å². The van der Waals surface area contributed by atoms with Gasteiger partial charge in [0.05, 0.1) is 12.0 Å². The molecular weight excluding hydrogens is 392 g/mol. The molecule has 7 heteroatoms. The minimum absolute atomic E-state index is 0.0885. The van der Waals surface area contributed by atoms with E-state index >= 15 is 0 Å². The zero-order chi connectivity index (χ0) is 21.0. The molecule has 2 aromatic rings. The van der Waals surface area contributed by atoms with Crippen molar-refractivity contribution in [3.8, 4) is 0 Å². The lowest BCUT2D eigenvalue weighted by Gasteiger charge is -2.25. The number of esters is 1. The van der Waals surface area contributed by atoms with Gasteiger partial charge in [0.2, 0.25) is 5.91 Å².